The van der Waals surface area contributed by atoms with Gasteiger partial charge in [-0.1, -0.05) is 0 Å². The number of rotatable bonds is 5. The lowest BCUT2D eigenvalue weighted by molar-refractivity contribution is 0.389. The van der Waals surface area contributed by atoms with Crippen molar-refractivity contribution in [1.82, 2.24) is 25.3 Å². The average molecular weight is 346 g/mol. The molecule has 132 valence electrons. The van der Waals surface area contributed by atoms with Crippen LogP contribution in [-0.4, -0.2) is 39.6 Å². The molecule has 4 heterocycles. The van der Waals surface area contributed by atoms with Gasteiger partial charge in [-0.25, -0.2) is 9.97 Å². The van der Waals surface area contributed by atoms with Crippen molar-refractivity contribution < 1.29 is 0 Å². The monoisotopic (exact) mass is 346 g/mol. The van der Waals surface area contributed by atoms with Crippen LogP contribution in [-0.2, 0) is 0 Å². The second-order valence-electron chi connectivity index (χ2n) is 6.51. The summed E-state index contributed by atoms with van der Waals surface area (Å²) in [5, 5.41) is 6.93. The number of pyridine rings is 2. The molecule has 0 aliphatic carbocycles. The number of aromatic nitrogens is 4. The van der Waals surface area contributed by atoms with Gasteiger partial charge in [0.25, 0.3) is 0 Å². The smallest absolute Gasteiger partial charge is 0.163 e. The van der Waals surface area contributed by atoms with Crippen LogP contribution in [0.1, 0.15) is 12.8 Å². The van der Waals surface area contributed by atoms with Crippen molar-refractivity contribution in [2.75, 3.05) is 25.0 Å². The first kappa shape index (κ1) is 16.6. The predicted octanol–water partition coefficient (Wildman–Crippen LogP) is 3.01. The first-order valence-electron chi connectivity index (χ1n) is 9.03. The molecule has 0 bridgehead atoms. The minimum absolute atomic E-state index is 0.678. The molecule has 6 nitrogen and oxygen atoms in total. The second kappa shape index (κ2) is 8.01. The van der Waals surface area contributed by atoms with E-state index in [0.717, 1.165) is 42.3 Å². The van der Waals surface area contributed by atoms with Gasteiger partial charge >= 0.3 is 0 Å². The Labute approximate surface area is 153 Å². The van der Waals surface area contributed by atoms with Gasteiger partial charge < -0.3 is 10.6 Å². The van der Waals surface area contributed by atoms with Crippen LogP contribution in [0.15, 0.2) is 55.1 Å². The van der Waals surface area contributed by atoms with E-state index in [9.17, 15) is 0 Å². The SMILES string of the molecule is c1cncc(-c2nc(NCC3CCNCC3)cc(-c3ccncc3)n2)c1. The molecule has 1 aliphatic heterocycles. The maximum atomic E-state index is 4.74. The van der Waals surface area contributed by atoms with Crippen LogP contribution in [0.3, 0.4) is 0 Å². The maximum Gasteiger partial charge on any atom is 0.163 e. The molecule has 0 spiro atoms. The van der Waals surface area contributed by atoms with E-state index in [1.165, 1.54) is 12.8 Å². The Morgan fingerprint density at radius 1 is 0.962 bits per heavy atom. The third-order valence-corrected chi connectivity index (χ3v) is 4.65. The molecule has 0 radical (unpaired) electrons. The summed E-state index contributed by atoms with van der Waals surface area (Å²) in [6.07, 6.45) is 9.51. The molecular formula is C20H22N6. The Hall–Kier alpha value is -2.86. The minimum Gasteiger partial charge on any atom is -0.370 e. The molecule has 6 heteroatoms. The van der Waals surface area contributed by atoms with Gasteiger partial charge in [-0.3, -0.25) is 9.97 Å². The normalized spacial score (nSPS) is 14.9. The summed E-state index contributed by atoms with van der Waals surface area (Å²) < 4.78 is 0. The fourth-order valence-corrected chi connectivity index (χ4v) is 3.17. The molecule has 26 heavy (non-hydrogen) atoms. The van der Waals surface area contributed by atoms with Crippen LogP contribution in [0.5, 0.6) is 0 Å². The number of hydrogen-bond donors (Lipinski definition) is 2. The van der Waals surface area contributed by atoms with Crippen LogP contribution in [0.4, 0.5) is 5.82 Å². The Morgan fingerprint density at radius 2 is 1.81 bits per heavy atom. The summed E-state index contributed by atoms with van der Waals surface area (Å²) in [5.41, 5.74) is 2.82. The molecule has 4 rings (SSSR count). The van der Waals surface area contributed by atoms with E-state index in [1.807, 2.05) is 30.3 Å². The third kappa shape index (κ3) is 4.03. The van der Waals surface area contributed by atoms with E-state index in [-0.39, 0.29) is 0 Å². The van der Waals surface area contributed by atoms with E-state index in [2.05, 4.69) is 20.6 Å². The predicted molar refractivity (Wildman–Crippen MR) is 103 cm³/mol. The van der Waals surface area contributed by atoms with Gasteiger partial charge in [0.2, 0.25) is 0 Å². The van der Waals surface area contributed by atoms with Crippen molar-refractivity contribution in [2.24, 2.45) is 5.92 Å². The van der Waals surface area contributed by atoms with Crippen molar-refractivity contribution in [3.05, 3.63) is 55.1 Å². The van der Waals surface area contributed by atoms with E-state index in [1.54, 1.807) is 24.8 Å². The van der Waals surface area contributed by atoms with Crippen molar-refractivity contribution in [2.45, 2.75) is 12.8 Å². The molecule has 1 saturated heterocycles. The van der Waals surface area contributed by atoms with Crippen molar-refractivity contribution >= 4 is 5.82 Å². The Kier molecular flexibility index (Phi) is 5.12. The summed E-state index contributed by atoms with van der Waals surface area (Å²) in [6.45, 7) is 3.12. The third-order valence-electron chi connectivity index (χ3n) is 4.65. The van der Waals surface area contributed by atoms with Crippen molar-refractivity contribution in [3.8, 4) is 22.6 Å². The summed E-state index contributed by atoms with van der Waals surface area (Å²) in [4.78, 5) is 17.8. The molecule has 0 aromatic carbocycles. The minimum atomic E-state index is 0.678. The van der Waals surface area contributed by atoms with Gasteiger partial charge in [-0.05, 0) is 56.1 Å². The molecule has 0 atom stereocenters. The highest BCUT2D eigenvalue weighted by Gasteiger charge is 2.14. The topological polar surface area (TPSA) is 75.6 Å². The van der Waals surface area contributed by atoms with E-state index in [0.29, 0.717) is 11.7 Å². The summed E-state index contributed by atoms with van der Waals surface area (Å²) in [5.74, 6) is 2.21. The van der Waals surface area contributed by atoms with Gasteiger partial charge in [-0.2, -0.15) is 0 Å². The fourth-order valence-electron chi connectivity index (χ4n) is 3.17. The first-order valence-corrected chi connectivity index (χ1v) is 9.03. The molecule has 1 fully saturated rings. The van der Waals surface area contributed by atoms with Gasteiger partial charge in [0, 0.05) is 48.5 Å². The van der Waals surface area contributed by atoms with Crippen LogP contribution in [0.2, 0.25) is 0 Å². The summed E-state index contributed by atoms with van der Waals surface area (Å²) in [7, 11) is 0. The molecule has 1 aliphatic rings. The van der Waals surface area contributed by atoms with Gasteiger partial charge in [0.15, 0.2) is 5.82 Å². The zero-order valence-electron chi connectivity index (χ0n) is 14.6. The number of anilines is 1. The lowest BCUT2D eigenvalue weighted by Gasteiger charge is -2.23. The molecular weight excluding hydrogens is 324 g/mol. The van der Waals surface area contributed by atoms with E-state index >= 15 is 0 Å². The second-order valence-corrected chi connectivity index (χ2v) is 6.51. The molecule has 3 aromatic heterocycles. The first-order chi connectivity index (χ1) is 12.9. The van der Waals surface area contributed by atoms with Crippen LogP contribution >= 0.6 is 0 Å². The molecule has 0 amide bonds. The standard InChI is InChI=1S/C20H22N6/c1-2-17(14-23-7-1)20-25-18(16-5-10-22-11-6-16)12-19(26-20)24-13-15-3-8-21-9-4-15/h1-2,5-7,10-12,14-15,21H,3-4,8-9,13H2,(H,24,25,26). The highest BCUT2D eigenvalue weighted by Crippen LogP contribution is 2.24. The highest BCUT2D eigenvalue weighted by atomic mass is 15.0. The zero-order valence-corrected chi connectivity index (χ0v) is 14.6. The lowest BCUT2D eigenvalue weighted by Crippen LogP contribution is -2.31. The Bertz CT molecular complexity index is 774. The number of hydrogen-bond acceptors (Lipinski definition) is 6. The number of piperidine rings is 1. The van der Waals surface area contributed by atoms with E-state index in [4.69, 9.17) is 9.97 Å². The Morgan fingerprint density at radius 3 is 2.58 bits per heavy atom. The van der Waals surface area contributed by atoms with Gasteiger partial charge in [0.05, 0.1) is 5.69 Å². The average Bonchev–Trinajstić information content (AvgIpc) is 2.74. The molecule has 3 aromatic rings. The molecule has 0 unspecified atom stereocenters. The largest absolute Gasteiger partial charge is 0.370 e. The number of nitrogens with one attached hydrogen (secondary N) is 2. The molecule has 0 saturated carbocycles. The van der Waals surface area contributed by atoms with Crippen LogP contribution < -0.4 is 10.6 Å². The van der Waals surface area contributed by atoms with Gasteiger partial charge in [0.1, 0.15) is 5.82 Å². The highest BCUT2D eigenvalue weighted by molar-refractivity contribution is 5.66. The zero-order chi connectivity index (χ0) is 17.6. The lowest BCUT2D eigenvalue weighted by atomic mass is 9.98. The van der Waals surface area contributed by atoms with Crippen molar-refractivity contribution in [3.63, 3.8) is 0 Å². The Balaban J connectivity index is 1.64. The molecule has 2 N–H and O–H groups in total. The quantitative estimate of drug-likeness (QED) is 0.740. The summed E-state index contributed by atoms with van der Waals surface area (Å²) in [6, 6.07) is 9.82. The van der Waals surface area contributed by atoms with Crippen molar-refractivity contribution in [1.29, 1.82) is 0 Å². The van der Waals surface area contributed by atoms with Gasteiger partial charge in [-0.15, -0.1) is 0 Å². The fraction of sp³-hybridized carbons (Fsp3) is 0.300. The maximum absolute atomic E-state index is 4.74. The number of nitrogens with zero attached hydrogens (tertiary/aromatic N) is 4. The van der Waals surface area contributed by atoms with Crippen LogP contribution in [0, 0.1) is 5.92 Å². The van der Waals surface area contributed by atoms with Crippen LogP contribution in [0.25, 0.3) is 22.6 Å². The summed E-state index contributed by atoms with van der Waals surface area (Å²) >= 11 is 0. The van der Waals surface area contributed by atoms with E-state index < -0.39 is 0 Å².